The minimum atomic E-state index is -0.566. The molecule has 2 amide bonds. The number of benzene rings is 2. The van der Waals surface area contributed by atoms with E-state index < -0.39 is 5.91 Å². The predicted molar refractivity (Wildman–Crippen MR) is 129 cm³/mol. The van der Waals surface area contributed by atoms with E-state index in [0.29, 0.717) is 33.9 Å². The summed E-state index contributed by atoms with van der Waals surface area (Å²) in [7, 11) is 0. The number of halogens is 1. The van der Waals surface area contributed by atoms with Crippen LogP contribution in [-0.2, 0) is 11.3 Å². The van der Waals surface area contributed by atoms with E-state index in [-0.39, 0.29) is 18.5 Å². The molecule has 2 aromatic carbocycles. The molecule has 0 aliphatic heterocycles. The fourth-order valence-electron chi connectivity index (χ4n) is 3.67. The van der Waals surface area contributed by atoms with Gasteiger partial charge in [-0.1, -0.05) is 54.1 Å². The number of primary amides is 1. The van der Waals surface area contributed by atoms with Crippen LogP contribution >= 0.6 is 11.6 Å². The maximum absolute atomic E-state index is 13.6. The largest absolute Gasteiger partial charge is 0.368 e. The molecular weight excluding hydrogens is 438 g/mol. The number of hydrogen-bond acceptors (Lipinski definition) is 4. The Bertz CT molecular complexity index is 1300. The van der Waals surface area contributed by atoms with Crippen LogP contribution in [0.2, 0.25) is 5.02 Å². The SMILES string of the molecule is CC(C)N(CC(N)=O)C(=O)c1cc(-c2ccccc2)nc2c1cnn2Cc1ccc(Cl)cc1. The molecule has 0 spiro atoms. The van der Waals surface area contributed by atoms with Gasteiger partial charge in [0, 0.05) is 16.6 Å². The van der Waals surface area contributed by atoms with Gasteiger partial charge in [0.05, 0.1) is 35.9 Å². The van der Waals surface area contributed by atoms with E-state index in [0.717, 1.165) is 11.1 Å². The zero-order chi connectivity index (χ0) is 23.5. The van der Waals surface area contributed by atoms with E-state index in [2.05, 4.69) is 5.10 Å². The van der Waals surface area contributed by atoms with Gasteiger partial charge in [0.25, 0.3) is 5.91 Å². The Morgan fingerprint density at radius 3 is 2.42 bits per heavy atom. The van der Waals surface area contributed by atoms with Crippen LogP contribution in [0.25, 0.3) is 22.3 Å². The molecule has 0 saturated heterocycles. The molecule has 2 aromatic heterocycles. The zero-order valence-corrected chi connectivity index (χ0v) is 19.2. The van der Waals surface area contributed by atoms with Crippen molar-refractivity contribution in [2.75, 3.05) is 6.54 Å². The number of pyridine rings is 1. The van der Waals surface area contributed by atoms with Crippen LogP contribution < -0.4 is 5.73 Å². The maximum atomic E-state index is 13.6. The third kappa shape index (κ3) is 4.88. The lowest BCUT2D eigenvalue weighted by Gasteiger charge is -2.25. The number of aromatic nitrogens is 3. The molecule has 2 heterocycles. The molecule has 0 unspecified atom stereocenters. The van der Waals surface area contributed by atoms with Crippen LogP contribution in [0, 0.1) is 0 Å². The molecule has 0 bridgehead atoms. The van der Waals surface area contributed by atoms with Crippen molar-refractivity contribution in [3.63, 3.8) is 0 Å². The van der Waals surface area contributed by atoms with Gasteiger partial charge in [-0.25, -0.2) is 9.67 Å². The number of hydrogen-bond donors (Lipinski definition) is 1. The highest BCUT2D eigenvalue weighted by molar-refractivity contribution is 6.30. The summed E-state index contributed by atoms with van der Waals surface area (Å²) in [4.78, 5) is 31.5. The van der Waals surface area contributed by atoms with Gasteiger partial charge in [0.2, 0.25) is 5.91 Å². The topological polar surface area (TPSA) is 94.1 Å². The number of fused-ring (bicyclic) bond motifs is 1. The fraction of sp³-hybridized carbons (Fsp3) is 0.200. The Hall–Kier alpha value is -3.71. The number of nitrogens with zero attached hydrogens (tertiary/aromatic N) is 4. The van der Waals surface area contributed by atoms with E-state index in [4.69, 9.17) is 22.3 Å². The zero-order valence-electron chi connectivity index (χ0n) is 18.4. The quantitative estimate of drug-likeness (QED) is 0.447. The molecule has 0 aliphatic carbocycles. The monoisotopic (exact) mass is 461 g/mol. The van der Waals surface area contributed by atoms with Crippen LogP contribution in [0.15, 0.2) is 66.9 Å². The summed E-state index contributed by atoms with van der Waals surface area (Å²) in [5.74, 6) is -0.858. The lowest BCUT2D eigenvalue weighted by Crippen LogP contribution is -2.42. The second-order valence-corrected chi connectivity index (χ2v) is 8.52. The van der Waals surface area contributed by atoms with Gasteiger partial charge in [-0.15, -0.1) is 0 Å². The second kappa shape index (κ2) is 9.42. The first-order valence-corrected chi connectivity index (χ1v) is 11.0. The number of carbonyl (C=O) groups excluding carboxylic acids is 2. The number of rotatable bonds is 7. The second-order valence-electron chi connectivity index (χ2n) is 8.08. The minimum Gasteiger partial charge on any atom is -0.368 e. The fourth-order valence-corrected chi connectivity index (χ4v) is 3.80. The molecule has 4 rings (SSSR count). The van der Waals surface area contributed by atoms with Crippen molar-refractivity contribution in [3.8, 4) is 11.3 Å². The lowest BCUT2D eigenvalue weighted by atomic mass is 10.1. The van der Waals surface area contributed by atoms with E-state index in [1.165, 1.54) is 4.90 Å². The Balaban J connectivity index is 1.86. The molecule has 7 nitrogen and oxygen atoms in total. The summed E-state index contributed by atoms with van der Waals surface area (Å²) in [5, 5.41) is 5.79. The molecule has 0 aliphatic rings. The third-order valence-electron chi connectivity index (χ3n) is 5.37. The Labute approximate surface area is 196 Å². The smallest absolute Gasteiger partial charge is 0.255 e. The van der Waals surface area contributed by atoms with Gasteiger partial charge in [-0.05, 0) is 37.6 Å². The molecular formula is C25H24ClN5O2. The molecule has 2 N–H and O–H groups in total. The van der Waals surface area contributed by atoms with Crippen molar-refractivity contribution < 1.29 is 9.59 Å². The van der Waals surface area contributed by atoms with Crippen molar-refractivity contribution in [1.82, 2.24) is 19.7 Å². The summed E-state index contributed by atoms with van der Waals surface area (Å²) in [6, 6.07) is 18.7. The summed E-state index contributed by atoms with van der Waals surface area (Å²) >= 11 is 6.01. The molecule has 0 atom stereocenters. The van der Waals surface area contributed by atoms with E-state index in [1.807, 2.05) is 68.4 Å². The standard InChI is InChI=1S/C25H24ClN5O2/c1-16(2)30(15-23(27)32)25(33)20-12-22(18-6-4-3-5-7-18)29-24-21(20)13-28-31(24)14-17-8-10-19(26)11-9-17/h3-13,16H,14-15H2,1-2H3,(H2,27,32). The average molecular weight is 462 g/mol. The molecule has 0 saturated carbocycles. The van der Waals surface area contributed by atoms with Crippen LogP contribution in [-0.4, -0.2) is 44.1 Å². The van der Waals surface area contributed by atoms with Crippen LogP contribution in [0.5, 0.6) is 0 Å². The van der Waals surface area contributed by atoms with Gasteiger partial charge in [0.15, 0.2) is 5.65 Å². The summed E-state index contributed by atoms with van der Waals surface area (Å²) in [6.07, 6.45) is 1.64. The van der Waals surface area contributed by atoms with Crippen molar-refractivity contribution in [1.29, 1.82) is 0 Å². The van der Waals surface area contributed by atoms with Crippen LogP contribution in [0.1, 0.15) is 29.8 Å². The highest BCUT2D eigenvalue weighted by Gasteiger charge is 2.25. The first-order valence-electron chi connectivity index (χ1n) is 10.6. The Kier molecular flexibility index (Phi) is 6.42. The first kappa shape index (κ1) is 22.5. The molecule has 0 radical (unpaired) electrons. The third-order valence-corrected chi connectivity index (χ3v) is 5.62. The Morgan fingerprint density at radius 2 is 1.79 bits per heavy atom. The van der Waals surface area contributed by atoms with Crippen LogP contribution in [0.4, 0.5) is 0 Å². The molecule has 33 heavy (non-hydrogen) atoms. The summed E-state index contributed by atoms with van der Waals surface area (Å²) in [6.45, 7) is 4.00. The lowest BCUT2D eigenvalue weighted by molar-refractivity contribution is -0.119. The van der Waals surface area contributed by atoms with Gasteiger partial charge in [-0.2, -0.15) is 5.10 Å². The van der Waals surface area contributed by atoms with Gasteiger partial charge < -0.3 is 10.6 Å². The summed E-state index contributed by atoms with van der Waals surface area (Å²) in [5.41, 5.74) is 8.94. The normalized spacial score (nSPS) is 11.2. The summed E-state index contributed by atoms with van der Waals surface area (Å²) < 4.78 is 1.76. The van der Waals surface area contributed by atoms with Gasteiger partial charge in [-0.3, -0.25) is 9.59 Å². The van der Waals surface area contributed by atoms with Crippen molar-refractivity contribution in [2.24, 2.45) is 5.73 Å². The van der Waals surface area contributed by atoms with Gasteiger partial charge in [0.1, 0.15) is 0 Å². The minimum absolute atomic E-state index is 0.167. The van der Waals surface area contributed by atoms with E-state index >= 15 is 0 Å². The van der Waals surface area contributed by atoms with E-state index in [9.17, 15) is 9.59 Å². The number of nitrogens with two attached hydrogens (primary N) is 1. The molecule has 4 aromatic rings. The first-order chi connectivity index (χ1) is 15.8. The van der Waals surface area contributed by atoms with Crippen molar-refractivity contribution in [3.05, 3.63) is 83.0 Å². The van der Waals surface area contributed by atoms with E-state index in [1.54, 1.807) is 16.9 Å². The number of amides is 2. The molecule has 0 fully saturated rings. The maximum Gasteiger partial charge on any atom is 0.255 e. The Morgan fingerprint density at radius 1 is 1.09 bits per heavy atom. The van der Waals surface area contributed by atoms with Crippen molar-refractivity contribution >= 4 is 34.4 Å². The predicted octanol–water partition coefficient (Wildman–Crippen LogP) is 4.14. The van der Waals surface area contributed by atoms with Crippen LogP contribution in [0.3, 0.4) is 0 Å². The van der Waals surface area contributed by atoms with Gasteiger partial charge >= 0.3 is 0 Å². The molecule has 8 heteroatoms. The highest BCUT2D eigenvalue weighted by Crippen LogP contribution is 2.27. The average Bonchev–Trinajstić information content (AvgIpc) is 3.21. The number of carbonyl (C=O) groups is 2. The highest BCUT2D eigenvalue weighted by atomic mass is 35.5. The molecule has 168 valence electrons. The van der Waals surface area contributed by atoms with Crippen molar-refractivity contribution in [2.45, 2.75) is 26.4 Å².